The van der Waals surface area contributed by atoms with Gasteiger partial charge in [-0.15, -0.1) is 0 Å². The number of rotatable bonds is 4. The van der Waals surface area contributed by atoms with Gasteiger partial charge in [0.25, 0.3) is 0 Å². The second-order valence-corrected chi connectivity index (χ2v) is 7.04. The van der Waals surface area contributed by atoms with Crippen LogP contribution in [0.4, 0.5) is 0 Å². The van der Waals surface area contributed by atoms with E-state index in [0.29, 0.717) is 5.92 Å². The van der Waals surface area contributed by atoms with Gasteiger partial charge in [0.2, 0.25) is 0 Å². The number of hydrogen-bond acceptors (Lipinski definition) is 0. The van der Waals surface area contributed by atoms with E-state index >= 15 is 0 Å². The third-order valence-corrected chi connectivity index (χ3v) is 5.68. The number of aryl methyl sites for hydroxylation is 2. The Bertz CT molecular complexity index is 604. The Kier molecular flexibility index (Phi) is 4.62. The van der Waals surface area contributed by atoms with Crippen molar-refractivity contribution in [2.45, 2.75) is 31.6 Å². The van der Waals surface area contributed by atoms with E-state index in [0.717, 1.165) is 11.8 Å². The van der Waals surface area contributed by atoms with Gasteiger partial charge >= 0.3 is 0 Å². The lowest BCUT2D eigenvalue weighted by atomic mass is 9.92. The fourth-order valence-electron chi connectivity index (χ4n) is 3.09. The van der Waals surface area contributed by atoms with Crippen molar-refractivity contribution in [3.8, 4) is 0 Å². The highest BCUT2D eigenvalue weighted by Crippen LogP contribution is 2.31. The first kappa shape index (κ1) is 14.3. The third-order valence-electron chi connectivity index (χ3n) is 4.18. The van der Waals surface area contributed by atoms with Gasteiger partial charge in [0.1, 0.15) is 0 Å². The van der Waals surface area contributed by atoms with E-state index in [1.807, 2.05) is 0 Å². The van der Waals surface area contributed by atoms with Crippen molar-refractivity contribution in [1.82, 2.24) is 0 Å². The molecule has 0 aliphatic heterocycles. The van der Waals surface area contributed by atoms with Crippen LogP contribution in [0.1, 0.15) is 34.6 Å². The van der Waals surface area contributed by atoms with Crippen molar-refractivity contribution >= 4 is 31.9 Å². The Morgan fingerprint density at radius 1 is 1.00 bits per heavy atom. The van der Waals surface area contributed by atoms with Crippen molar-refractivity contribution in [2.24, 2.45) is 0 Å². The van der Waals surface area contributed by atoms with Crippen molar-refractivity contribution in [3.63, 3.8) is 0 Å². The van der Waals surface area contributed by atoms with E-state index in [1.165, 1.54) is 34.9 Å². The van der Waals surface area contributed by atoms with Crippen LogP contribution in [0.2, 0.25) is 0 Å². The maximum absolute atomic E-state index is 3.69. The monoisotopic (exact) mass is 392 g/mol. The van der Waals surface area contributed by atoms with Crippen LogP contribution >= 0.6 is 31.9 Å². The van der Waals surface area contributed by atoms with E-state index in [1.54, 1.807) is 11.1 Å². The van der Waals surface area contributed by atoms with Crippen LogP contribution in [0, 0.1) is 0 Å². The van der Waals surface area contributed by atoms with E-state index < -0.39 is 0 Å². The topological polar surface area (TPSA) is 0 Å². The molecule has 2 heteroatoms. The van der Waals surface area contributed by atoms with Crippen LogP contribution in [-0.2, 0) is 19.3 Å². The summed E-state index contributed by atoms with van der Waals surface area (Å²) in [6.45, 7) is 0. The zero-order valence-corrected chi connectivity index (χ0v) is 14.6. The summed E-state index contributed by atoms with van der Waals surface area (Å²) in [5.74, 6) is 0.519. The molecule has 0 spiro atoms. The van der Waals surface area contributed by atoms with E-state index in [4.69, 9.17) is 0 Å². The molecule has 20 heavy (non-hydrogen) atoms. The Hall–Kier alpha value is -0.600. The molecule has 0 radical (unpaired) electrons. The standard InChI is InChI=1S/C18H18Br2/c19-12-16(17-6-1-2-7-18(17)20)11-13-8-9-14-4-3-5-15(14)10-13/h1-2,6-10,16H,3-5,11-12H2. The minimum absolute atomic E-state index is 0.519. The van der Waals surface area contributed by atoms with Gasteiger partial charge in [-0.05, 0) is 59.9 Å². The summed E-state index contributed by atoms with van der Waals surface area (Å²) in [6, 6.07) is 15.6. The predicted molar refractivity (Wildman–Crippen MR) is 92.8 cm³/mol. The lowest BCUT2D eigenvalue weighted by molar-refractivity contribution is 0.770. The molecule has 0 aromatic heterocycles. The molecule has 2 aromatic rings. The van der Waals surface area contributed by atoms with Crippen LogP contribution in [0.25, 0.3) is 0 Å². The molecule has 0 saturated carbocycles. The minimum atomic E-state index is 0.519. The number of fused-ring (bicyclic) bond motifs is 1. The zero-order valence-electron chi connectivity index (χ0n) is 11.4. The Morgan fingerprint density at radius 2 is 1.80 bits per heavy atom. The molecule has 0 amide bonds. The van der Waals surface area contributed by atoms with Crippen LogP contribution in [0.3, 0.4) is 0 Å². The molecule has 3 rings (SSSR count). The van der Waals surface area contributed by atoms with Gasteiger partial charge in [-0.2, -0.15) is 0 Å². The lowest BCUT2D eigenvalue weighted by Gasteiger charge is -2.17. The maximum Gasteiger partial charge on any atom is 0.0210 e. The van der Waals surface area contributed by atoms with Gasteiger partial charge in [0, 0.05) is 9.80 Å². The van der Waals surface area contributed by atoms with E-state index in [2.05, 4.69) is 74.3 Å². The summed E-state index contributed by atoms with van der Waals surface area (Å²) in [4.78, 5) is 0. The summed E-state index contributed by atoms with van der Waals surface area (Å²) in [7, 11) is 0. The summed E-state index contributed by atoms with van der Waals surface area (Å²) < 4.78 is 1.21. The van der Waals surface area contributed by atoms with Crippen molar-refractivity contribution in [2.75, 3.05) is 5.33 Å². The largest absolute Gasteiger partial charge is 0.0921 e. The first-order chi connectivity index (χ1) is 9.78. The SMILES string of the molecule is BrCC(Cc1ccc2c(c1)CCC2)c1ccccc1Br. The summed E-state index contributed by atoms with van der Waals surface area (Å²) in [6.07, 6.45) is 4.95. The van der Waals surface area contributed by atoms with Gasteiger partial charge in [-0.1, -0.05) is 68.3 Å². The third kappa shape index (κ3) is 3.01. The maximum atomic E-state index is 3.69. The first-order valence-corrected chi connectivity index (χ1v) is 9.10. The van der Waals surface area contributed by atoms with Gasteiger partial charge in [0.05, 0.1) is 0 Å². The molecule has 0 N–H and O–H groups in total. The number of benzene rings is 2. The van der Waals surface area contributed by atoms with Gasteiger partial charge in [0.15, 0.2) is 0 Å². The Balaban J connectivity index is 1.83. The van der Waals surface area contributed by atoms with Gasteiger partial charge < -0.3 is 0 Å². The highest BCUT2D eigenvalue weighted by atomic mass is 79.9. The fourth-order valence-corrected chi connectivity index (χ4v) is 4.28. The average molecular weight is 394 g/mol. The normalized spacial score (nSPS) is 15.1. The average Bonchev–Trinajstić information content (AvgIpc) is 2.93. The Labute approximate surface area is 137 Å². The highest BCUT2D eigenvalue weighted by Gasteiger charge is 2.16. The molecule has 1 unspecified atom stereocenters. The molecule has 2 aromatic carbocycles. The molecule has 0 saturated heterocycles. The number of hydrogen-bond donors (Lipinski definition) is 0. The molecular formula is C18H18Br2. The summed E-state index contributed by atoms with van der Waals surface area (Å²) in [5.41, 5.74) is 5.99. The molecule has 0 fully saturated rings. The Morgan fingerprint density at radius 3 is 2.60 bits per heavy atom. The van der Waals surface area contributed by atoms with Crippen LogP contribution in [-0.4, -0.2) is 5.33 Å². The van der Waals surface area contributed by atoms with Crippen molar-refractivity contribution in [1.29, 1.82) is 0 Å². The van der Waals surface area contributed by atoms with Crippen LogP contribution in [0.15, 0.2) is 46.9 Å². The van der Waals surface area contributed by atoms with Crippen LogP contribution in [0.5, 0.6) is 0 Å². The van der Waals surface area contributed by atoms with Gasteiger partial charge in [-0.25, -0.2) is 0 Å². The fraction of sp³-hybridized carbons (Fsp3) is 0.333. The summed E-state index contributed by atoms with van der Waals surface area (Å²) in [5, 5.41) is 0.993. The predicted octanol–water partition coefficient (Wildman–Crippen LogP) is 5.66. The lowest BCUT2D eigenvalue weighted by Crippen LogP contribution is -2.05. The molecular weight excluding hydrogens is 376 g/mol. The van der Waals surface area contributed by atoms with Crippen LogP contribution < -0.4 is 0 Å². The van der Waals surface area contributed by atoms with E-state index in [9.17, 15) is 0 Å². The molecule has 0 nitrogen and oxygen atoms in total. The zero-order chi connectivity index (χ0) is 13.9. The number of halogens is 2. The molecule has 1 aliphatic rings. The molecule has 1 atom stereocenters. The minimum Gasteiger partial charge on any atom is -0.0921 e. The van der Waals surface area contributed by atoms with Crippen molar-refractivity contribution < 1.29 is 0 Å². The second-order valence-electron chi connectivity index (χ2n) is 5.53. The highest BCUT2D eigenvalue weighted by molar-refractivity contribution is 9.10. The molecule has 0 bridgehead atoms. The molecule has 104 valence electrons. The second kappa shape index (κ2) is 6.44. The molecule has 0 heterocycles. The summed E-state index contributed by atoms with van der Waals surface area (Å²) >= 11 is 7.37. The van der Waals surface area contributed by atoms with E-state index in [-0.39, 0.29) is 0 Å². The number of alkyl halides is 1. The molecule has 1 aliphatic carbocycles. The smallest absolute Gasteiger partial charge is 0.0210 e. The van der Waals surface area contributed by atoms with Gasteiger partial charge in [-0.3, -0.25) is 0 Å². The van der Waals surface area contributed by atoms with Crippen molar-refractivity contribution in [3.05, 3.63) is 69.2 Å². The first-order valence-electron chi connectivity index (χ1n) is 7.19. The quantitative estimate of drug-likeness (QED) is 0.588.